The molecule has 0 aliphatic carbocycles. The zero-order valence-electron chi connectivity index (χ0n) is 40.3. The van der Waals surface area contributed by atoms with Crippen LogP contribution in [0, 0.1) is 11.8 Å². The number of aromatic nitrogens is 4. The number of halogens is 1. The summed E-state index contributed by atoms with van der Waals surface area (Å²) in [5.41, 5.74) is -1.69. The summed E-state index contributed by atoms with van der Waals surface area (Å²) in [4.78, 5) is 92.4. The number of carbonyl (C=O) groups is 6. The molecule has 4 rings (SSSR count). The Hall–Kier alpha value is -5.02. The van der Waals surface area contributed by atoms with Gasteiger partial charge in [0.05, 0.1) is 44.1 Å². The molecule has 0 aliphatic heterocycles. The molecule has 3 unspecified atom stereocenters. The predicted molar refractivity (Wildman–Crippen MR) is 249 cm³/mol. The predicted octanol–water partition coefficient (Wildman–Crippen LogP) is 8.56. The molecule has 0 radical (unpaired) electrons. The van der Waals surface area contributed by atoms with Crippen LogP contribution in [-0.4, -0.2) is 111 Å². The molecule has 0 spiro atoms. The average molecular weight is 1010 g/mol. The van der Waals surface area contributed by atoms with Gasteiger partial charge in [0.15, 0.2) is 11.6 Å². The molecule has 0 aliphatic rings. The van der Waals surface area contributed by atoms with Crippen LogP contribution in [0.5, 0.6) is 23.5 Å². The Morgan fingerprint density at radius 3 is 1.26 bits per heavy atom. The Morgan fingerprint density at radius 2 is 0.892 bits per heavy atom. The fraction of sp³-hybridized carbons (Fsp3) is 0.591. The van der Waals surface area contributed by atoms with Crippen LogP contribution in [0.25, 0.3) is 20.7 Å². The summed E-state index contributed by atoms with van der Waals surface area (Å²) < 4.78 is 41.5. The number of Topliss-reactive ketones (excluding diaryl/α,β-unsaturated/α-hetero) is 2. The Morgan fingerprint density at radius 1 is 0.538 bits per heavy atom. The van der Waals surface area contributed by atoms with E-state index in [2.05, 4.69) is 35.9 Å². The molecule has 0 bridgehead atoms. The summed E-state index contributed by atoms with van der Waals surface area (Å²) in [6.07, 6.45) is -0.321. The van der Waals surface area contributed by atoms with E-state index in [1.54, 1.807) is 75.3 Å². The molecule has 4 aromatic heterocycles. The Bertz CT molecular complexity index is 2250. The Labute approximate surface area is 395 Å². The highest BCUT2D eigenvalue weighted by atomic mass is 79.9. The molecule has 18 nitrogen and oxygen atoms in total. The maximum atomic E-state index is 13.4. The van der Waals surface area contributed by atoms with E-state index in [0.717, 1.165) is 22.7 Å². The Balaban J connectivity index is 0.000000382. The van der Waals surface area contributed by atoms with E-state index < -0.39 is 52.3 Å². The van der Waals surface area contributed by atoms with Crippen LogP contribution in [-0.2, 0) is 38.1 Å². The van der Waals surface area contributed by atoms with Crippen LogP contribution >= 0.6 is 38.6 Å². The number of methoxy groups -OCH3 is 4. The lowest BCUT2D eigenvalue weighted by molar-refractivity contribution is -0.170. The first-order chi connectivity index (χ1) is 29.7. The maximum Gasteiger partial charge on any atom is 0.319 e. The summed E-state index contributed by atoms with van der Waals surface area (Å²) in [5.74, 6) is -4.76. The van der Waals surface area contributed by atoms with E-state index in [0.29, 0.717) is 25.6 Å². The number of alkyl halides is 1. The molecule has 0 fully saturated rings. The van der Waals surface area contributed by atoms with Crippen LogP contribution in [0.3, 0.4) is 0 Å². The molecular weight excluding hydrogens is 953 g/mol. The van der Waals surface area contributed by atoms with E-state index in [-0.39, 0.29) is 57.0 Å². The highest BCUT2D eigenvalue weighted by Crippen LogP contribution is 2.34. The van der Waals surface area contributed by atoms with Gasteiger partial charge in [0, 0.05) is 0 Å². The van der Waals surface area contributed by atoms with E-state index in [1.165, 1.54) is 41.4 Å². The van der Waals surface area contributed by atoms with Crippen molar-refractivity contribution in [2.24, 2.45) is 11.8 Å². The lowest BCUT2D eigenvalue weighted by atomic mass is 9.88. The first-order valence-corrected chi connectivity index (χ1v) is 22.7. The summed E-state index contributed by atoms with van der Waals surface area (Å²) in [6.45, 7) is 24.2. The second-order valence-corrected chi connectivity index (χ2v) is 21.6. The second kappa shape index (κ2) is 22.9. The van der Waals surface area contributed by atoms with Crippen molar-refractivity contribution in [3.63, 3.8) is 0 Å². The van der Waals surface area contributed by atoms with Gasteiger partial charge in [0.25, 0.3) is 23.5 Å². The Kier molecular flexibility index (Phi) is 19.8. The quantitative estimate of drug-likeness (QED) is 0.0401. The summed E-state index contributed by atoms with van der Waals surface area (Å²) in [6, 6.07) is 3.10. The van der Waals surface area contributed by atoms with Crippen molar-refractivity contribution in [2.75, 3.05) is 28.4 Å². The lowest BCUT2D eigenvalue weighted by Gasteiger charge is -2.28. The van der Waals surface area contributed by atoms with Gasteiger partial charge in [0.2, 0.25) is 0 Å². The number of esters is 4. The number of rotatable bonds is 13. The van der Waals surface area contributed by atoms with Gasteiger partial charge >= 0.3 is 23.9 Å². The van der Waals surface area contributed by atoms with Crippen LogP contribution < -0.4 is 18.9 Å². The van der Waals surface area contributed by atoms with E-state index >= 15 is 0 Å². The standard InChI is InChI=1S/C22H30N2O7S.C15H18N2O5S.C7H13BrO2/c1-11(19(26)30-21(2,3)4)14(20(27)31-22(5,6)7)15(25)13-10-12-18(32-13)24-17(29-9)16(23-12)28-8;1-15(2,3)22-11(19)7-9(18)10-6-8-14(23-10)17-13(21-5)12(16-8)20-4;1-5(8)6(9)10-7(2,3)4/h10-11,14H,1-9H3;6H,7H2,1-5H3;5H,1-4H3. The fourth-order valence-electron chi connectivity index (χ4n) is 5.02. The summed E-state index contributed by atoms with van der Waals surface area (Å²) in [5, 5.41) is 0. The minimum absolute atomic E-state index is 0.169. The average Bonchev–Trinajstić information content (AvgIpc) is 3.78. The van der Waals surface area contributed by atoms with Gasteiger partial charge < -0.3 is 37.9 Å². The maximum absolute atomic E-state index is 13.4. The van der Waals surface area contributed by atoms with Crippen LogP contribution in [0.1, 0.15) is 123 Å². The second-order valence-electron chi connectivity index (χ2n) is 18.1. The van der Waals surface area contributed by atoms with Crippen molar-refractivity contribution in [2.45, 2.75) is 131 Å². The van der Waals surface area contributed by atoms with Crippen molar-refractivity contribution >= 4 is 94.7 Å². The third-order valence-corrected chi connectivity index (χ3v) is 10.0. The third kappa shape index (κ3) is 18.1. The number of hydrogen-bond acceptors (Lipinski definition) is 20. The van der Waals surface area contributed by atoms with Crippen LogP contribution in [0.2, 0.25) is 0 Å². The summed E-state index contributed by atoms with van der Waals surface area (Å²) in [7, 11) is 5.77. The molecule has 0 amide bonds. The van der Waals surface area contributed by atoms with Gasteiger partial charge in [-0.2, -0.15) is 9.97 Å². The molecule has 0 N–H and O–H groups in total. The van der Waals surface area contributed by atoms with Crippen molar-refractivity contribution in [1.82, 2.24) is 19.9 Å². The third-order valence-electron chi connectivity index (χ3n) is 7.57. The number of fused-ring (bicyclic) bond motifs is 2. The van der Waals surface area contributed by atoms with Crippen molar-refractivity contribution in [1.29, 1.82) is 0 Å². The van der Waals surface area contributed by atoms with Gasteiger partial charge in [-0.1, -0.05) is 22.9 Å². The first kappa shape index (κ1) is 56.1. The highest BCUT2D eigenvalue weighted by molar-refractivity contribution is 9.10. The molecule has 4 aromatic rings. The topological polar surface area (TPSA) is 228 Å². The summed E-state index contributed by atoms with van der Waals surface area (Å²) >= 11 is 5.31. The molecule has 0 saturated carbocycles. The monoisotopic (exact) mass is 1010 g/mol. The zero-order chi connectivity index (χ0) is 50.0. The van der Waals surface area contributed by atoms with Gasteiger partial charge in [-0.3, -0.25) is 28.8 Å². The zero-order valence-corrected chi connectivity index (χ0v) is 43.5. The highest BCUT2D eigenvalue weighted by Gasteiger charge is 2.42. The molecule has 4 heterocycles. The van der Waals surface area contributed by atoms with E-state index in [1.807, 2.05) is 20.8 Å². The number of hydrogen-bond donors (Lipinski definition) is 0. The molecular formula is C44H61BrN4O14S2. The molecule has 21 heteroatoms. The largest absolute Gasteiger partial charge is 0.477 e. The van der Waals surface area contributed by atoms with Crippen molar-refractivity contribution in [3.8, 4) is 23.5 Å². The first-order valence-electron chi connectivity index (χ1n) is 20.1. The molecule has 0 aromatic carbocycles. The number of ketones is 2. The lowest BCUT2D eigenvalue weighted by Crippen LogP contribution is -2.41. The fourth-order valence-corrected chi connectivity index (χ4v) is 6.96. The number of carbonyl (C=O) groups excluding carboxylic acids is 6. The van der Waals surface area contributed by atoms with E-state index in [4.69, 9.17) is 37.9 Å². The molecule has 0 saturated heterocycles. The van der Waals surface area contributed by atoms with Crippen LogP contribution in [0.4, 0.5) is 0 Å². The SMILES string of the molecule is CC(Br)C(=O)OC(C)(C)C.COc1nc2cc(C(=O)C(C(=O)OC(C)(C)C)C(C)C(=O)OC(C)(C)C)sc2nc1OC.COc1nc2cc(C(=O)CC(=O)OC(C)(C)C)sc2nc1OC. The molecule has 65 heavy (non-hydrogen) atoms. The molecule has 3 atom stereocenters. The number of nitrogens with zero attached hydrogens (tertiary/aromatic N) is 4. The van der Waals surface area contributed by atoms with Crippen LogP contribution in [0.15, 0.2) is 12.1 Å². The normalized spacial score (nSPS) is 13.1. The van der Waals surface area contributed by atoms with Gasteiger partial charge in [-0.05, 0) is 102 Å². The van der Waals surface area contributed by atoms with Crippen molar-refractivity contribution in [3.05, 3.63) is 21.9 Å². The molecule has 360 valence electrons. The minimum Gasteiger partial charge on any atom is -0.477 e. The van der Waals surface area contributed by atoms with Crippen molar-refractivity contribution < 1.29 is 66.7 Å². The minimum atomic E-state index is -1.39. The van der Waals surface area contributed by atoms with Gasteiger partial charge in [0.1, 0.15) is 60.3 Å². The number of ether oxygens (including phenoxy) is 8. The van der Waals surface area contributed by atoms with Gasteiger partial charge in [-0.15, -0.1) is 22.7 Å². The van der Waals surface area contributed by atoms with Gasteiger partial charge in [-0.25, -0.2) is 9.97 Å². The number of thiophene rings is 2. The smallest absolute Gasteiger partial charge is 0.319 e. The van der Waals surface area contributed by atoms with E-state index in [9.17, 15) is 28.8 Å².